The lowest BCUT2D eigenvalue weighted by atomic mass is 9.95. The Hall–Kier alpha value is -4.55. The zero-order chi connectivity index (χ0) is 22.0. The Balaban J connectivity index is 2.02. The van der Waals surface area contributed by atoms with Gasteiger partial charge in [-0.15, -0.1) is 0 Å². The summed E-state index contributed by atoms with van der Waals surface area (Å²) in [5.74, 6) is 0.638. The molecule has 0 atom stereocenters. The van der Waals surface area contributed by atoms with Crippen LogP contribution < -0.4 is 4.74 Å². The molecule has 1 N–H and O–H groups in total. The number of phenolic OH excluding ortho intramolecular Hbond substituents is 1. The second kappa shape index (κ2) is 8.06. The van der Waals surface area contributed by atoms with Crippen LogP contribution in [0.25, 0.3) is 28.1 Å². The van der Waals surface area contributed by atoms with E-state index in [2.05, 4.69) is 0 Å². The molecule has 31 heavy (non-hydrogen) atoms. The smallest absolute Gasteiger partial charge is 0.124 e. The normalized spacial score (nSPS) is 10.3. The molecule has 150 valence electrons. The van der Waals surface area contributed by atoms with E-state index in [0.29, 0.717) is 16.8 Å². The molecule has 4 rings (SSSR count). The summed E-state index contributed by atoms with van der Waals surface area (Å²) in [7, 11) is 1.60. The zero-order valence-corrected chi connectivity index (χ0v) is 17.0. The number of benzene rings is 3. The van der Waals surface area contributed by atoms with E-state index in [1.807, 2.05) is 73.7 Å². The van der Waals surface area contributed by atoms with E-state index >= 15 is 0 Å². The van der Waals surface area contributed by atoms with Crippen molar-refractivity contribution in [2.24, 2.45) is 0 Å². The molecule has 3 aromatic carbocycles. The van der Waals surface area contributed by atoms with Gasteiger partial charge in [0.25, 0.3) is 0 Å². The molecular formula is C25H18N4O2. The molecule has 0 radical (unpaired) electrons. The van der Waals surface area contributed by atoms with E-state index in [9.17, 15) is 15.6 Å². The van der Waals surface area contributed by atoms with Crippen molar-refractivity contribution in [2.45, 2.75) is 6.92 Å². The zero-order valence-electron chi connectivity index (χ0n) is 17.0. The summed E-state index contributed by atoms with van der Waals surface area (Å²) in [6.07, 6.45) is 0. The number of phenols is 1. The number of hydrogen-bond acceptors (Lipinski definition) is 5. The fourth-order valence-electron chi connectivity index (χ4n) is 3.57. The summed E-state index contributed by atoms with van der Waals surface area (Å²) < 4.78 is 7.06. The third kappa shape index (κ3) is 3.48. The summed E-state index contributed by atoms with van der Waals surface area (Å²) in [6.45, 7) is 1.91. The molecule has 0 saturated heterocycles. The average molecular weight is 406 g/mol. The first-order chi connectivity index (χ1) is 15.1. The monoisotopic (exact) mass is 406 g/mol. The largest absolute Gasteiger partial charge is 0.507 e. The van der Waals surface area contributed by atoms with Crippen LogP contribution in [0.15, 0.2) is 66.7 Å². The highest BCUT2D eigenvalue weighted by Crippen LogP contribution is 2.41. The first kappa shape index (κ1) is 19.8. The second-order valence-corrected chi connectivity index (χ2v) is 6.92. The van der Waals surface area contributed by atoms with Crippen molar-refractivity contribution in [2.75, 3.05) is 7.11 Å². The standard InChI is InChI=1S/C25H18N4O2/c1-16-24(22-12-18(14-26)19(15-27)13-23(22)30)25(17-8-10-21(31-2)11-9-17)28-29(16)20-6-4-3-5-7-20/h3-13,30H,1-2H3. The van der Waals surface area contributed by atoms with Gasteiger partial charge < -0.3 is 9.84 Å². The third-order valence-corrected chi connectivity index (χ3v) is 5.13. The summed E-state index contributed by atoms with van der Waals surface area (Å²) in [6, 6.07) is 24.0. The van der Waals surface area contributed by atoms with Crippen molar-refractivity contribution in [1.82, 2.24) is 9.78 Å². The number of nitrogens with zero attached hydrogens (tertiary/aromatic N) is 4. The fraction of sp³-hybridized carbons (Fsp3) is 0.0800. The van der Waals surface area contributed by atoms with E-state index in [4.69, 9.17) is 9.84 Å². The number of para-hydroxylation sites is 1. The Kier molecular flexibility index (Phi) is 5.13. The molecule has 0 aliphatic heterocycles. The van der Waals surface area contributed by atoms with Gasteiger partial charge in [0.15, 0.2) is 0 Å². The molecule has 0 aliphatic carbocycles. The second-order valence-electron chi connectivity index (χ2n) is 6.92. The number of aromatic nitrogens is 2. The Labute approximate surface area is 179 Å². The van der Waals surface area contributed by atoms with Crippen LogP contribution in [0.2, 0.25) is 0 Å². The average Bonchev–Trinajstić information content (AvgIpc) is 3.16. The van der Waals surface area contributed by atoms with Crippen LogP contribution in [-0.4, -0.2) is 22.0 Å². The van der Waals surface area contributed by atoms with Gasteiger partial charge in [0.05, 0.1) is 23.9 Å². The number of hydrogen-bond donors (Lipinski definition) is 1. The van der Waals surface area contributed by atoms with E-state index in [1.165, 1.54) is 6.07 Å². The van der Waals surface area contributed by atoms with E-state index in [0.717, 1.165) is 22.7 Å². The molecule has 0 bridgehead atoms. The number of rotatable bonds is 4. The Morgan fingerprint density at radius 2 is 1.58 bits per heavy atom. The summed E-state index contributed by atoms with van der Waals surface area (Å²) in [4.78, 5) is 0. The van der Waals surface area contributed by atoms with Gasteiger partial charge in [-0.2, -0.15) is 15.6 Å². The number of aromatic hydroxyl groups is 1. The lowest BCUT2D eigenvalue weighted by molar-refractivity contribution is 0.415. The predicted molar refractivity (Wildman–Crippen MR) is 117 cm³/mol. The quantitative estimate of drug-likeness (QED) is 0.516. The minimum atomic E-state index is -0.0824. The van der Waals surface area contributed by atoms with Crippen LogP contribution in [0.3, 0.4) is 0 Å². The maximum Gasteiger partial charge on any atom is 0.124 e. The molecule has 0 unspecified atom stereocenters. The molecule has 6 heteroatoms. The van der Waals surface area contributed by atoms with Crippen molar-refractivity contribution in [3.05, 3.63) is 83.6 Å². The Morgan fingerprint density at radius 3 is 2.19 bits per heavy atom. The lowest BCUT2D eigenvalue weighted by Gasteiger charge is -2.09. The molecule has 0 aliphatic rings. The van der Waals surface area contributed by atoms with Gasteiger partial charge in [0.2, 0.25) is 0 Å². The van der Waals surface area contributed by atoms with Gasteiger partial charge in [-0.3, -0.25) is 0 Å². The first-order valence-corrected chi connectivity index (χ1v) is 9.54. The molecular weight excluding hydrogens is 388 g/mol. The highest BCUT2D eigenvalue weighted by Gasteiger charge is 2.22. The minimum absolute atomic E-state index is 0.0824. The van der Waals surface area contributed by atoms with Gasteiger partial charge in [-0.1, -0.05) is 18.2 Å². The van der Waals surface area contributed by atoms with Crippen LogP contribution in [0.5, 0.6) is 11.5 Å². The van der Waals surface area contributed by atoms with Gasteiger partial charge in [0.1, 0.15) is 29.3 Å². The van der Waals surface area contributed by atoms with Crippen molar-refractivity contribution in [3.8, 4) is 51.7 Å². The number of nitriles is 2. The van der Waals surface area contributed by atoms with Crippen molar-refractivity contribution in [1.29, 1.82) is 10.5 Å². The SMILES string of the molecule is COc1ccc(-c2nn(-c3ccccc3)c(C)c2-c2cc(C#N)c(C#N)cc2O)cc1. The topological polar surface area (TPSA) is 94.9 Å². The van der Waals surface area contributed by atoms with E-state index in [1.54, 1.807) is 17.9 Å². The highest BCUT2D eigenvalue weighted by molar-refractivity contribution is 5.87. The molecule has 0 spiro atoms. The van der Waals surface area contributed by atoms with Crippen LogP contribution in [0, 0.1) is 29.6 Å². The minimum Gasteiger partial charge on any atom is -0.507 e. The third-order valence-electron chi connectivity index (χ3n) is 5.13. The van der Waals surface area contributed by atoms with Crippen LogP contribution >= 0.6 is 0 Å². The lowest BCUT2D eigenvalue weighted by Crippen LogP contribution is -1.98. The maximum absolute atomic E-state index is 10.7. The summed E-state index contributed by atoms with van der Waals surface area (Å²) in [5.41, 5.74) is 4.60. The summed E-state index contributed by atoms with van der Waals surface area (Å²) >= 11 is 0. The van der Waals surface area contributed by atoms with Crippen molar-refractivity contribution in [3.63, 3.8) is 0 Å². The van der Waals surface area contributed by atoms with Gasteiger partial charge in [-0.25, -0.2) is 4.68 Å². The van der Waals surface area contributed by atoms with E-state index < -0.39 is 0 Å². The highest BCUT2D eigenvalue weighted by atomic mass is 16.5. The molecule has 1 aromatic heterocycles. The predicted octanol–water partition coefficient (Wildman–Crippen LogP) is 4.97. The first-order valence-electron chi connectivity index (χ1n) is 9.54. The molecule has 4 aromatic rings. The molecule has 0 saturated carbocycles. The van der Waals surface area contributed by atoms with Gasteiger partial charge >= 0.3 is 0 Å². The number of ether oxygens (including phenoxy) is 1. The Bertz CT molecular complexity index is 1340. The van der Waals surface area contributed by atoms with Gasteiger partial charge in [-0.05, 0) is 55.5 Å². The molecule has 1 heterocycles. The van der Waals surface area contributed by atoms with Crippen molar-refractivity contribution < 1.29 is 9.84 Å². The van der Waals surface area contributed by atoms with Crippen LogP contribution in [-0.2, 0) is 0 Å². The number of methoxy groups -OCH3 is 1. The fourth-order valence-corrected chi connectivity index (χ4v) is 3.57. The molecule has 0 amide bonds. The van der Waals surface area contributed by atoms with Gasteiger partial charge in [0, 0.05) is 22.4 Å². The van der Waals surface area contributed by atoms with Crippen molar-refractivity contribution >= 4 is 0 Å². The van der Waals surface area contributed by atoms with Crippen LogP contribution in [0.1, 0.15) is 16.8 Å². The maximum atomic E-state index is 10.7. The Morgan fingerprint density at radius 1 is 0.935 bits per heavy atom. The van der Waals surface area contributed by atoms with Crippen LogP contribution in [0.4, 0.5) is 0 Å². The molecule has 6 nitrogen and oxygen atoms in total. The van der Waals surface area contributed by atoms with E-state index in [-0.39, 0.29) is 16.9 Å². The summed E-state index contributed by atoms with van der Waals surface area (Å²) in [5, 5.41) is 34.3. The molecule has 0 fully saturated rings.